The molecule has 2 aliphatic carbocycles. The molecule has 0 nitrogen and oxygen atoms in total. The minimum absolute atomic E-state index is 0.909. The molecule has 2 saturated carbocycles. The first-order valence-electron chi connectivity index (χ1n) is 4.31. The van der Waals surface area contributed by atoms with Gasteiger partial charge in [-0.2, -0.15) is 0 Å². The van der Waals surface area contributed by atoms with Crippen molar-refractivity contribution < 1.29 is 0 Å². The standard InChI is InChI=1S/C9H16/c1-8-2-4-9(5-3-8)6-7-9/h8H,2-7H2,1H3. The third-order valence-corrected chi connectivity index (χ3v) is 3.29. The molecule has 0 aromatic carbocycles. The highest BCUT2D eigenvalue weighted by molar-refractivity contribution is 4.95. The molecule has 0 radical (unpaired) electrons. The second-order valence-electron chi connectivity index (χ2n) is 4.18. The molecule has 0 heterocycles. The number of hydrogen-bond donors (Lipinski definition) is 0. The van der Waals surface area contributed by atoms with Crippen LogP contribution in [0, 0.1) is 11.3 Å². The highest BCUT2D eigenvalue weighted by Crippen LogP contribution is 2.56. The Bertz CT molecular complexity index is 101. The van der Waals surface area contributed by atoms with E-state index in [1.165, 1.54) is 12.8 Å². The fourth-order valence-electron chi connectivity index (χ4n) is 2.05. The third-order valence-electron chi connectivity index (χ3n) is 3.29. The Morgan fingerprint density at radius 2 is 1.56 bits per heavy atom. The van der Waals surface area contributed by atoms with Crippen molar-refractivity contribution in [1.29, 1.82) is 0 Å². The van der Waals surface area contributed by atoms with Gasteiger partial charge in [0.1, 0.15) is 0 Å². The fourth-order valence-corrected chi connectivity index (χ4v) is 2.05. The molecule has 2 rings (SSSR count). The molecule has 0 unspecified atom stereocenters. The Kier molecular flexibility index (Phi) is 1.12. The van der Waals surface area contributed by atoms with Crippen LogP contribution in [0.3, 0.4) is 0 Å². The predicted octanol–water partition coefficient (Wildman–Crippen LogP) is 2.98. The van der Waals surface area contributed by atoms with Crippen LogP contribution in [0.2, 0.25) is 0 Å². The molecule has 0 N–H and O–H groups in total. The van der Waals surface area contributed by atoms with Gasteiger partial charge in [0.15, 0.2) is 0 Å². The van der Waals surface area contributed by atoms with Crippen LogP contribution in [0.5, 0.6) is 0 Å². The van der Waals surface area contributed by atoms with Crippen molar-refractivity contribution in [1.82, 2.24) is 0 Å². The van der Waals surface area contributed by atoms with Crippen molar-refractivity contribution in [2.75, 3.05) is 0 Å². The molecule has 0 amide bonds. The topological polar surface area (TPSA) is 0 Å². The van der Waals surface area contributed by atoms with Crippen molar-refractivity contribution in [2.45, 2.75) is 45.4 Å². The van der Waals surface area contributed by atoms with E-state index in [1.807, 2.05) is 0 Å². The van der Waals surface area contributed by atoms with Gasteiger partial charge in [0.25, 0.3) is 0 Å². The van der Waals surface area contributed by atoms with Crippen molar-refractivity contribution >= 4 is 0 Å². The Hall–Kier alpha value is 0. The highest BCUT2D eigenvalue weighted by atomic mass is 14.5. The Balaban J connectivity index is 1.91. The lowest BCUT2D eigenvalue weighted by atomic mass is 9.81. The summed E-state index contributed by atoms with van der Waals surface area (Å²) in [6.45, 7) is 2.40. The molecule has 0 atom stereocenters. The number of rotatable bonds is 0. The van der Waals surface area contributed by atoms with Gasteiger partial charge in [0, 0.05) is 0 Å². The van der Waals surface area contributed by atoms with E-state index in [2.05, 4.69) is 6.92 Å². The molecule has 0 aliphatic heterocycles. The highest BCUT2D eigenvalue weighted by Gasteiger charge is 2.43. The van der Waals surface area contributed by atoms with Crippen LogP contribution >= 0.6 is 0 Å². The van der Waals surface area contributed by atoms with Gasteiger partial charge in [-0.15, -0.1) is 0 Å². The lowest BCUT2D eigenvalue weighted by Gasteiger charge is -2.25. The summed E-state index contributed by atoms with van der Waals surface area (Å²) in [5, 5.41) is 0. The maximum Gasteiger partial charge on any atom is -0.0297 e. The lowest BCUT2D eigenvalue weighted by Crippen LogP contribution is -2.12. The molecule has 2 fully saturated rings. The monoisotopic (exact) mass is 124 g/mol. The molecular weight excluding hydrogens is 108 g/mol. The first-order chi connectivity index (χ1) is 4.31. The van der Waals surface area contributed by atoms with Gasteiger partial charge in [0.05, 0.1) is 0 Å². The third kappa shape index (κ3) is 0.997. The first kappa shape index (κ1) is 5.76. The van der Waals surface area contributed by atoms with Crippen LogP contribution in [0.25, 0.3) is 0 Å². The molecule has 1 spiro atoms. The van der Waals surface area contributed by atoms with Crippen molar-refractivity contribution in [3.05, 3.63) is 0 Å². The minimum Gasteiger partial charge on any atom is -0.0625 e. The molecule has 0 saturated heterocycles. The fraction of sp³-hybridized carbons (Fsp3) is 1.00. The molecule has 0 aromatic heterocycles. The van der Waals surface area contributed by atoms with Crippen LogP contribution in [0.15, 0.2) is 0 Å². The van der Waals surface area contributed by atoms with E-state index in [0.717, 1.165) is 11.3 Å². The molecule has 0 heteroatoms. The van der Waals surface area contributed by atoms with Crippen molar-refractivity contribution in [3.8, 4) is 0 Å². The minimum atomic E-state index is 0.909. The average Bonchev–Trinajstić information content (AvgIpc) is 2.60. The SMILES string of the molecule is CC1CCC2(CC1)CC2. The molecular formula is C9H16. The van der Waals surface area contributed by atoms with E-state index < -0.39 is 0 Å². The van der Waals surface area contributed by atoms with Gasteiger partial charge in [-0.1, -0.05) is 19.8 Å². The maximum atomic E-state index is 2.40. The van der Waals surface area contributed by atoms with Crippen LogP contribution in [-0.4, -0.2) is 0 Å². The molecule has 0 aromatic rings. The second-order valence-corrected chi connectivity index (χ2v) is 4.18. The van der Waals surface area contributed by atoms with Crippen LogP contribution in [0.4, 0.5) is 0 Å². The predicted molar refractivity (Wildman–Crippen MR) is 39.3 cm³/mol. The smallest absolute Gasteiger partial charge is 0.0297 e. The summed E-state index contributed by atoms with van der Waals surface area (Å²) >= 11 is 0. The second kappa shape index (κ2) is 1.74. The summed E-state index contributed by atoms with van der Waals surface area (Å²) in [6.07, 6.45) is 9.24. The Morgan fingerprint density at radius 3 is 2.00 bits per heavy atom. The Labute approximate surface area is 57.6 Å². The molecule has 52 valence electrons. The summed E-state index contributed by atoms with van der Waals surface area (Å²) in [4.78, 5) is 0. The Morgan fingerprint density at radius 1 is 1.00 bits per heavy atom. The van der Waals surface area contributed by atoms with Crippen molar-refractivity contribution in [2.24, 2.45) is 11.3 Å². The van der Waals surface area contributed by atoms with Gasteiger partial charge < -0.3 is 0 Å². The van der Waals surface area contributed by atoms with Gasteiger partial charge in [-0.05, 0) is 37.0 Å². The van der Waals surface area contributed by atoms with E-state index in [0.29, 0.717) is 0 Å². The zero-order valence-corrected chi connectivity index (χ0v) is 6.32. The quantitative estimate of drug-likeness (QED) is 0.465. The van der Waals surface area contributed by atoms with Gasteiger partial charge in [-0.25, -0.2) is 0 Å². The van der Waals surface area contributed by atoms with E-state index in [9.17, 15) is 0 Å². The van der Waals surface area contributed by atoms with Gasteiger partial charge in [0.2, 0.25) is 0 Å². The van der Waals surface area contributed by atoms with Crippen molar-refractivity contribution in [3.63, 3.8) is 0 Å². The summed E-state index contributed by atoms with van der Waals surface area (Å²) in [5.74, 6) is 1.04. The zero-order valence-electron chi connectivity index (χ0n) is 6.32. The van der Waals surface area contributed by atoms with E-state index in [1.54, 1.807) is 25.7 Å². The van der Waals surface area contributed by atoms with E-state index >= 15 is 0 Å². The lowest BCUT2D eigenvalue weighted by molar-refractivity contribution is 0.271. The summed E-state index contributed by atoms with van der Waals surface area (Å²) in [5.41, 5.74) is 0.909. The number of hydrogen-bond acceptors (Lipinski definition) is 0. The van der Waals surface area contributed by atoms with Crippen LogP contribution in [-0.2, 0) is 0 Å². The van der Waals surface area contributed by atoms with E-state index in [4.69, 9.17) is 0 Å². The normalized spacial score (nSPS) is 33.0. The summed E-state index contributed by atoms with van der Waals surface area (Å²) < 4.78 is 0. The molecule has 2 aliphatic rings. The summed E-state index contributed by atoms with van der Waals surface area (Å²) in [7, 11) is 0. The average molecular weight is 124 g/mol. The largest absolute Gasteiger partial charge is 0.0625 e. The van der Waals surface area contributed by atoms with E-state index in [-0.39, 0.29) is 0 Å². The van der Waals surface area contributed by atoms with Crippen LogP contribution < -0.4 is 0 Å². The van der Waals surface area contributed by atoms with Crippen LogP contribution in [0.1, 0.15) is 45.4 Å². The zero-order chi connectivity index (χ0) is 6.32. The molecule has 0 bridgehead atoms. The first-order valence-corrected chi connectivity index (χ1v) is 4.31. The van der Waals surface area contributed by atoms with Gasteiger partial charge >= 0.3 is 0 Å². The summed E-state index contributed by atoms with van der Waals surface area (Å²) in [6, 6.07) is 0. The van der Waals surface area contributed by atoms with Gasteiger partial charge in [-0.3, -0.25) is 0 Å². The molecule has 9 heavy (non-hydrogen) atoms. The maximum absolute atomic E-state index is 2.40.